The molecule has 1 aliphatic rings. The highest BCUT2D eigenvalue weighted by molar-refractivity contribution is 9.10. The van der Waals surface area contributed by atoms with Gasteiger partial charge in [0.15, 0.2) is 0 Å². The second kappa shape index (κ2) is 6.39. The van der Waals surface area contributed by atoms with Gasteiger partial charge in [-0.15, -0.1) is 0 Å². The van der Waals surface area contributed by atoms with Crippen molar-refractivity contribution in [3.63, 3.8) is 0 Å². The van der Waals surface area contributed by atoms with Crippen LogP contribution < -0.4 is 11.1 Å². The fourth-order valence-corrected chi connectivity index (χ4v) is 3.32. The lowest BCUT2D eigenvalue weighted by atomic mass is 9.85. The number of hydrogen-bond donors (Lipinski definition) is 2. The minimum atomic E-state index is -0.262. The van der Waals surface area contributed by atoms with E-state index in [1.165, 1.54) is 0 Å². The molecule has 1 saturated carbocycles. The summed E-state index contributed by atoms with van der Waals surface area (Å²) in [6.07, 6.45) is 3.31. The lowest BCUT2D eigenvalue weighted by molar-refractivity contribution is -0.122. The molecule has 1 aliphatic carbocycles. The van der Waals surface area contributed by atoms with Gasteiger partial charge >= 0.3 is 0 Å². The summed E-state index contributed by atoms with van der Waals surface area (Å²) in [5.41, 5.74) is 7.02. The number of nitrogens with two attached hydrogens (primary N) is 1. The van der Waals surface area contributed by atoms with E-state index in [0.29, 0.717) is 12.0 Å². The molecule has 0 spiro atoms. The largest absolute Gasteiger partial charge is 0.369 e. The summed E-state index contributed by atoms with van der Waals surface area (Å²) < 4.78 is 0.890. The van der Waals surface area contributed by atoms with Crippen LogP contribution >= 0.6 is 15.9 Å². The van der Waals surface area contributed by atoms with E-state index in [9.17, 15) is 9.59 Å². The van der Waals surface area contributed by atoms with Gasteiger partial charge < -0.3 is 11.1 Å². The van der Waals surface area contributed by atoms with Crippen LogP contribution in [0.5, 0.6) is 0 Å². The summed E-state index contributed by atoms with van der Waals surface area (Å²) in [5, 5.41) is 3.01. The Morgan fingerprint density at radius 1 is 1.30 bits per heavy atom. The Labute approximate surface area is 127 Å². The number of benzene rings is 1. The molecule has 4 nitrogen and oxygen atoms in total. The molecule has 2 atom stereocenters. The SMILES string of the molecule is Cc1cc(Br)cc(C(=O)N[C@H]2CCC[C@H](C(N)=O)C2)c1. The summed E-state index contributed by atoms with van der Waals surface area (Å²) in [6.45, 7) is 1.95. The van der Waals surface area contributed by atoms with Crippen molar-refractivity contribution in [2.24, 2.45) is 11.7 Å². The topological polar surface area (TPSA) is 72.2 Å². The van der Waals surface area contributed by atoms with E-state index in [1.807, 2.05) is 19.1 Å². The van der Waals surface area contributed by atoms with E-state index in [4.69, 9.17) is 5.73 Å². The van der Waals surface area contributed by atoms with Gasteiger partial charge in [-0.25, -0.2) is 0 Å². The maximum Gasteiger partial charge on any atom is 0.251 e. The third-order valence-corrected chi connectivity index (χ3v) is 4.17. The highest BCUT2D eigenvalue weighted by Gasteiger charge is 2.26. The minimum Gasteiger partial charge on any atom is -0.369 e. The number of primary amides is 1. The molecule has 0 radical (unpaired) electrons. The molecule has 1 fully saturated rings. The summed E-state index contributed by atoms with van der Waals surface area (Å²) in [7, 11) is 0. The zero-order chi connectivity index (χ0) is 14.7. The average molecular weight is 339 g/mol. The molecule has 3 N–H and O–H groups in total. The number of carbonyl (C=O) groups is 2. The van der Waals surface area contributed by atoms with Gasteiger partial charge in [0.25, 0.3) is 5.91 Å². The molecular weight excluding hydrogens is 320 g/mol. The van der Waals surface area contributed by atoms with Gasteiger partial charge in [0.05, 0.1) is 0 Å². The van der Waals surface area contributed by atoms with Crippen LogP contribution in [0.1, 0.15) is 41.6 Å². The Bertz CT molecular complexity index is 510. The third kappa shape index (κ3) is 3.82. The lowest BCUT2D eigenvalue weighted by Crippen LogP contribution is -2.41. The molecule has 0 aromatic heterocycles. The molecular formula is C15H19BrN2O2. The zero-order valence-electron chi connectivity index (χ0n) is 11.5. The zero-order valence-corrected chi connectivity index (χ0v) is 13.1. The first-order valence-electron chi connectivity index (χ1n) is 6.83. The Hall–Kier alpha value is -1.36. The molecule has 20 heavy (non-hydrogen) atoms. The molecule has 5 heteroatoms. The third-order valence-electron chi connectivity index (χ3n) is 3.72. The predicted molar refractivity (Wildman–Crippen MR) is 81.3 cm³/mol. The molecule has 0 saturated heterocycles. The van der Waals surface area contributed by atoms with Crippen LogP contribution in [0.2, 0.25) is 0 Å². The van der Waals surface area contributed by atoms with Gasteiger partial charge in [0.1, 0.15) is 0 Å². The second-order valence-corrected chi connectivity index (χ2v) is 6.37. The van der Waals surface area contributed by atoms with Crippen LogP contribution in [0.15, 0.2) is 22.7 Å². The number of nitrogens with one attached hydrogen (secondary N) is 1. The van der Waals surface area contributed by atoms with E-state index in [2.05, 4.69) is 21.2 Å². The second-order valence-electron chi connectivity index (χ2n) is 5.45. The Balaban J connectivity index is 2.02. The fourth-order valence-electron chi connectivity index (χ4n) is 2.72. The number of amides is 2. The highest BCUT2D eigenvalue weighted by Crippen LogP contribution is 2.24. The van der Waals surface area contributed by atoms with Crippen LogP contribution in [0.25, 0.3) is 0 Å². The first-order chi connectivity index (χ1) is 9.45. The maximum atomic E-state index is 12.2. The van der Waals surface area contributed by atoms with Crippen molar-refractivity contribution in [2.45, 2.75) is 38.6 Å². The maximum absolute atomic E-state index is 12.2. The molecule has 1 aromatic rings. The van der Waals surface area contributed by atoms with Gasteiger partial charge in [-0.3, -0.25) is 9.59 Å². The molecule has 2 rings (SSSR count). The number of aryl methyl sites for hydroxylation is 1. The van der Waals surface area contributed by atoms with Crippen molar-refractivity contribution >= 4 is 27.7 Å². The van der Waals surface area contributed by atoms with Crippen molar-refractivity contribution in [3.05, 3.63) is 33.8 Å². The molecule has 2 amide bonds. The minimum absolute atomic E-state index is 0.0352. The molecule has 0 heterocycles. The van der Waals surface area contributed by atoms with E-state index in [-0.39, 0.29) is 23.8 Å². The van der Waals surface area contributed by atoms with Crippen LogP contribution in [0, 0.1) is 12.8 Å². The van der Waals surface area contributed by atoms with Crippen molar-refractivity contribution in [1.82, 2.24) is 5.32 Å². The summed E-state index contributed by atoms with van der Waals surface area (Å²) in [5.74, 6) is -0.468. The van der Waals surface area contributed by atoms with Gasteiger partial charge in [-0.05, 0) is 49.9 Å². The quantitative estimate of drug-likeness (QED) is 0.888. The number of rotatable bonds is 3. The highest BCUT2D eigenvalue weighted by atomic mass is 79.9. The standard InChI is InChI=1S/C15H19BrN2O2/c1-9-5-11(7-12(16)6-9)15(20)18-13-4-2-3-10(8-13)14(17)19/h5-7,10,13H,2-4,8H2,1H3,(H2,17,19)(H,18,20)/t10-,13-/m0/s1. The van der Waals surface area contributed by atoms with Gasteiger partial charge in [0.2, 0.25) is 5.91 Å². The average Bonchev–Trinajstić information content (AvgIpc) is 2.37. The van der Waals surface area contributed by atoms with Crippen LogP contribution in [-0.4, -0.2) is 17.9 Å². The predicted octanol–water partition coefficient (Wildman–Crippen LogP) is 2.53. The van der Waals surface area contributed by atoms with Crippen molar-refractivity contribution in [3.8, 4) is 0 Å². The fraction of sp³-hybridized carbons (Fsp3) is 0.467. The summed E-state index contributed by atoms with van der Waals surface area (Å²) in [6, 6.07) is 5.65. The number of carbonyl (C=O) groups excluding carboxylic acids is 2. The Kier molecular flexibility index (Phi) is 4.81. The number of hydrogen-bond acceptors (Lipinski definition) is 2. The van der Waals surface area contributed by atoms with Crippen LogP contribution in [-0.2, 0) is 4.79 Å². The normalized spacial score (nSPS) is 22.3. The first kappa shape index (κ1) is 15.0. The molecule has 1 aromatic carbocycles. The van der Waals surface area contributed by atoms with E-state index < -0.39 is 0 Å². The summed E-state index contributed by atoms with van der Waals surface area (Å²) >= 11 is 3.39. The molecule has 0 aliphatic heterocycles. The van der Waals surface area contributed by atoms with Crippen LogP contribution in [0.4, 0.5) is 0 Å². The molecule has 0 bridgehead atoms. The molecule has 0 unspecified atom stereocenters. The van der Waals surface area contributed by atoms with Crippen LogP contribution in [0.3, 0.4) is 0 Å². The van der Waals surface area contributed by atoms with Gasteiger partial charge in [-0.2, -0.15) is 0 Å². The number of halogens is 1. The van der Waals surface area contributed by atoms with E-state index in [1.54, 1.807) is 6.07 Å². The smallest absolute Gasteiger partial charge is 0.251 e. The lowest BCUT2D eigenvalue weighted by Gasteiger charge is -2.28. The van der Waals surface area contributed by atoms with Gasteiger partial charge in [-0.1, -0.05) is 22.4 Å². The van der Waals surface area contributed by atoms with Gasteiger partial charge in [0, 0.05) is 22.0 Å². The van der Waals surface area contributed by atoms with E-state index >= 15 is 0 Å². The molecule has 108 valence electrons. The monoisotopic (exact) mass is 338 g/mol. The first-order valence-corrected chi connectivity index (χ1v) is 7.62. The van der Waals surface area contributed by atoms with Crippen molar-refractivity contribution < 1.29 is 9.59 Å². The Morgan fingerprint density at radius 2 is 2.05 bits per heavy atom. The Morgan fingerprint density at radius 3 is 2.70 bits per heavy atom. The van der Waals surface area contributed by atoms with E-state index in [0.717, 1.165) is 29.3 Å². The summed E-state index contributed by atoms with van der Waals surface area (Å²) in [4.78, 5) is 23.5. The van der Waals surface area contributed by atoms with Crippen molar-refractivity contribution in [2.75, 3.05) is 0 Å². The van der Waals surface area contributed by atoms with Crippen molar-refractivity contribution in [1.29, 1.82) is 0 Å².